The Morgan fingerprint density at radius 1 is 1.69 bits per heavy atom. The van der Waals surface area contributed by atoms with Gasteiger partial charge in [0, 0.05) is 11.6 Å². The van der Waals surface area contributed by atoms with E-state index in [0.717, 1.165) is 24.2 Å². The topological polar surface area (TPSA) is 39.2 Å². The van der Waals surface area contributed by atoms with E-state index >= 15 is 0 Å². The highest BCUT2D eigenvalue weighted by Gasteiger charge is 2.10. The van der Waals surface area contributed by atoms with E-state index < -0.39 is 0 Å². The molecule has 0 radical (unpaired) electrons. The maximum absolute atomic E-state index is 5.99. The van der Waals surface area contributed by atoms with E-state index in [-0.39, 0.29) is 6.04 Å². The smallest absolute Gasteiger partial charge is 0.105 e. The van der Waals surface area contributed by atoms with Gasteiger partial charge in [-0.15, -0.1) is 6.58 Å². The third-order valence-electron chi connectivity index (χ3n) is 2.18. The summed E-state index contributed by atoms with van der Waals surface area (Å²) < 4.78 is 5.19. The summed E-state index contributed by atoms with van der Waals surface area (Å²) in [5.74, 6) is 0.925. The number of aryl methyl sites for hydroxylation is 1. The third kappa shape index (κ3) is 2.74. The largest absolute Gasteiger partial charge is 0.469 e. The number of hydrogen-bond acceptors (Lipinski definition) is 2. The Morgan fingerprint density at radius 3 is 2.85 bits per heavy atom. The van der Waals surface area contributed by atoms with Gasteiger partial charge in [-0.3, -0.25) is 0 Å². The fraction of sp³-hybridized carbons (Fsp3) is 0.455. The maximum Gasteiger partial charge on any atom is 0.105 e. The Hall–Kier alpha value is -1.02. The molecule has 0 amide bonds. The van der Waals surface area contributed by atoms with Crippen molar-refractivity contribution in [3.63, 3.8) is 0 Å². The predicted molar refractivity (Wildman–Crippen MR) is 54.4 cm³/mol. The van der Waals surface area contributed by atoms with Crippen molar-refractivity contribution in [2.24, 2.45) is 5.73 Å². The molecule has 1 heterocycles. The number of rotatable bonds is 4. The zero-order valence-corrected chi connectivity index (χ0v) is 8.34. The van der Waals surface area contributed by atoms with Gasteiger partial charge < -0.3 is 10.2 Å². The lowest BCUT2D eigenvalue weighted by Crippen LogP contribution is -2.10. The van der Waals surface area contributed by atoms with Crippen LogP contribution in [0.4, 0.5) is 0 Å². The van der Waals surface area contributed by atoms with Gasteiger partial charge in [0.05, 0.1) is 6.26 Å². The van der Waals surface area contributed by atoms with E-state index in [0.29, 0.717) is 0 Å². The number of nitrogens with two attached hydrogens (primary N) is 1. The lowest BCUT2D eigenvalue weighted by molar-refractivity contribution is 0.520. The molecular weight excluding hydrogens is 162 g/mol. The molecule has 0 aliphatic heterocycles. The summed E-state index contributed by atoms with van der Waals surface area (Å²) in [6, 6.07) is 2.02. The highest BCUT2D eigenvalue weighted by atomic mass is 16.3. The third-order valence-corrected chi connectivity index (χ3v) is 2.18. The van der Waals surface area contributed by atoms with Gasteiger partial charge >= 0.3 is 0 Å². The summed E-state index contributed by atoms with van der Waals surface area (Å²) in [6.07, 6.45) is 3.60. The van der Waals surface area contributed by atoms with Crippen LogP contribution in [-0.4, -0.2) is 0 Å². The highest BCUT2D eigenvalue weighted by Crippen LogP contribution is 2.21. The Labute approximate surface area is 79.4 Å². The van der Waals surface area contributed by atoms with Crippen LogP contribution < -0.4 is 5.73 Å². The van der Waals surface area contributed by atoms with Crippen molar-refractivity contribution >= 4 is 0 Å². The van der Waals surface area contributed by atoms with Crippen LogP contribution in [0.2, 0.25) is 0 Å². The van der Waals surface area contributed by atoms with Crippen LogP contribution in [-0.2, 0) is 0 Å². The van der Waals surface area contributed by atoms with E-state index in [1.165, 1.54) is 5.57 Å². The van der Waals surface area contributed by atoms with E-state index in [1.54, 1.807) is 6.26 Å². The average molecular weight is 179 g/mol. The molecule has 13 heavy (non-hydrogen) atoms. The molecule has 1 atom stereocenters. The van der Waals surface area contributed by atoms with Crippen LogP contribution >= 0.6 is 0 Å². The molecule has 0 fully saturated rings. The first-order chi connectivity index (χ1) is 6.11. The van der Waals surface area contributed by atoms with E-state index in [9.17, 15) is 0 Å². The number of allylic oxidation sites excluding steroid dienone is 1. The van der Waals surface area contributed by atoms with Crippen molar-refractivity contribution in [3.8, 4) is 0 Å². The minimum Gasteiger partial charge on any atom is -0.469 e. The van der Waals surface area contributed by atoms with Gasteiger partial charge in [-0.05, 0) is 32.8 Å². The Morgan fingerprint density at radius 2 is 2.38 bits per heavy atom. The second-order valence-corrected chi connectivity index (χ2v) is 3.53. The van der Waals surface area contributed by atoms with Crippen molar-refractivity contribution in [3.05, 3.63) is 35.8 Å². The molecule has 72 valence electrons. The molecule has 0 spiro atoms. The molecule has 0 aliphatic carbocycles. The van der Waals surface area contributed by atoms with Gasteiger partial charge in [0.2, 0.25) is 0 Å². The molecule has 0 bridgehead atoms. The maximum atomic E-state index is 5.99. The number of hydrogen-bond donors (Lipinski definition) is 1. The quantitative estimate of drug-likeness (QED) is 0.722. The molecule has 0 saturated heterocycles. The first-order valence-corrected chi connectivity index (χ1v) is 4.55. The minimum absolute atomic E-state index is 0.0791. The van der Waals surface area contributed by atoms with Crippen molar-refractivity contribution in [2.45, 2.75) is 32.7 Å². The summed E-state index contributed by atoms with van der Waals surface area (Å²) in [5, 5.41) is 0. The second kappa shape index (κ2) is 4.28. The van der Waals surface area contributed by atoms with Crippen molar-refractivity contribution < 1.29 is 4.42 Å². The van der Waals surface area contributed by atoms with Crippen molar-refractivity contribution in [1.82, 2.24) is 0 Å². The molecule has 1 rings (SSSR count). The Kier molecular flexibility index (Phi) is 3.32. The van der Waals surface area contributed by atoms with Gasteiger partial charge in [-0.2, -0.15) is 0 Å². The average Bonchev–Trinajstić information content (AvgIpc) is 2.47. The number of furan rings is 1. The van der Waals surface area contributed by atoms with Crippen LogP contribution in [0.1, 0.15) is 37.1 Å². The SMILES string of the molecule is C=C(C)CCC(N)c1ccoc1C. The van der Waals surface area contributed by atoms with Gasteiger partial charge in [0.25, 0.3) is 0 Å². The van der Waals surface area contributed by atoms with Gasteiger partial charge in [-0.1, -0.05) is 5.57 Å². The van der Waals surface area contributed by atoms with Crippen molar-refractivity contribution in [1.29, 1.82) is 0 Å². The molecule has 0 aliphatic rings. The molecule has 1 aromatic rings. The molecular formula is C11H17NO. The molecule has 2 nitrogen and oxygen atoms in total. The standard InChI is InChI=1S/C11H17NO/c1-8(2)4-5-11(12)10-6-7-13-9(10)3/h6-7,11H,1,4-5,12H2,2-3H3. The molecule has 2 heteroatoms. The van der Waals surface area contributed by atoms with Crippen LogP contribution in [0.3, 0.4) is 0 Å². The van der Waals surface area contributed by atoms with Gasteiger partial charge in [0.15, 0.2) is 0 Å². The van der Waals surface area contributed by atoms with E-state index in [1.807, 2.05) is 19.9 Å². The Bertz CT molecular complexity index is 288. The summed E-state index contributed by atoms with van der Waals surface area (Å²) in [6.45, 7) is 7.82. The molecule has 0 saturated carbocycles. The first kappa shape index (κ1) is 10.1. The van der Waals surface area contributed by atoms with Gasteiger partial charge in [0.1, 0.15) is 5.76 Å². The molecule has 0 aromatic carbocycles. The van der Waals surface area contributed by atoms with Crippen LogP contribution in [0, 0.1) is 6.92 Å². The second-order valence-electron chi connectivity index (χ2n) is 3.53. The summed E-state index contributed by atoms with van der Waals surface area (Å²) >= 11 is 0. The predicted octanol–water partition coefficient (Wildman–Crippen LogP) is 2.94. The Balaban J connectivity index is 2.53. The fourth-order valence-electron chi connectivity index (χ4n) is 1.34. The zero-order chi connectivity index (χ0) is 9.84. The van der Waals surface area contributed by atoms with Crippen LogP contribution in [0.25, 0.3) is 0 Å². The van der Waals surface area contributed by atoms with Crippen molar-refractivity contribution in [2.75, 3.05) is 0 Å². The molecule has 1 unspecified atom stereocenters. The van der Waals surface area contributed by atoms with Crippen LogP contribution in [0.5, 0.6) is 0 Å². The zero-order valence-electron chi connectivity index (χ0n) is 8.34. The van der Waals surface area contributed by atoms with E-state index in [2.05, 4.69) is 6.58 Å². The summed E-state index contributed by atoms with van der Waals surface area (Å²) in [4.78, 5) is 0. The molecule has 2 N–H and O–H groups in total. The van der Waals surface area contributed by atoms with Crippen LogP contribution in [0.15, 0.2) is 28.9 Å². The molecule has 1 aromatic heterocycles. The lowest BCUT2D eigenvalue weighted by Gasteiger charge is -2.09. The fourth-order valence-corrected chi connectivity index (χ4v) is 1.34. The first-order valence-electron chi connectivity index (χ1n) is 4.55. The highest BCUT2D eigenvalue weighted by molar-refractivity contribution is 5.19. The van der Waals surface area contributed by atoms with E-state index in [4.69, 9.17) is 10.2 Å². The monoisotopic (exact) mass is 179 g/mol. The normalized spacial score (nSPS) is 12.8. The summed E-state index contributed by atoms with van der Waals surface area (Å²) in [5.41, 5.74) is 8.28. The minimum atomic E-state index is 0.0791. The van der Waals surface area contributed by atoms with Gasteiger partial charge in [-0.25, -0.2) is 0 Å². The lowest BCUT2D eigenvalue weighted by atomic mass is 10.0. The summed E-state index contributed by atoms with van der Waals surface area (Å²) in [7, 11) is 0.